The normalized spacial score (nSPS) is 15.2. The van der Waals surface area contributed by atoms with Gasteiger partial charge in [0.25, 0.3) is 17.1 Å². The number of carbonyl (C=O) groups is 3. The zero-order valence-corrected chi connectivity index (χ0v) is 17.4. The second-order valence-electron chi connectivity index (χ2n) is 5.87. The van der Waals surface area contributed by atoms with E-state index < -0.39 is 0 Å². The van der Waals surface area contributed by atoms with Crippen molar-refractivity contribution in [1.82, 2.24) is 10.2 Å². The molecule has 2 aromatic rings. The first-order valence-corrected chi connectivity index (χ1v) is 10.0. The fourth-order valence-electron chi connectivity index (χ4n) is 2.53. The quantitative estimate of drug-likeness (QED) is 0.660. The number of amides is 3. The molecular formula is C20H17BrN2O4S. The lowest BCUT2D eigenvalue weighted by atomic mass is 10.2. The molecule has 1 N–H and O–H groups in total. The lowest BCUT2D eigenvalue weighted by molar-refractivity contribution is -0.122. The van der Waals surface area contributed by atoms with E-state index in [0.29, 0.717) is 16.2 Å². The van der Waals surface area contributed by atoms with Crippen molar-refractivity contribution in [2.75, 3.05) is 20.2 Å². The van der Waals surface area contributed by atoms with Crippen molar-refractivity contribution in [2.24, 2.45) is 0 Å². The van der Waals surface area contributed by atoms with Gasteiger partial charge in [-0.2, -0.15) is 0 Å². The fraction of sp³-hybridized carbons (Fsp3) is 0.150. The SMILES string of the molecule is COc1ccc(/C=C2\SC(=O)N(CCNC(=O)c3ccc(Br)cc3)C2=O)cc1. The number of carbonyl (C=O) groups excluding carboxylic acids is 3. The summed E-state index contributed by atoms with van der Waals surface area (Å²) in [5.41, 5.74) is 1.31. The number of rotatable bonds is 6. The number of hydrogen-bond donors (Lipinski definition) is 1. The summed E-state index contributed by atoms with van der Waals surface area (Å²) in [6.45, 7) is 0.301. The predicted molar refractivity (Wildman–Crippen MR) is 112 cm³/mol. The first-order valence-electron chi connectivity index (χ1n) is 8.41. The lowest BCUT2D eigenvalue weighted by Crippen LogP contribution is -2.37. The van der Waals surface area contributed by atoms with Crippen molar-refractivity contribution in [3.05, 3.63) is 69.0 Å². The van der Waals surface area contributed by atoms with Crippen LogP contribution in [0.25, 0.3) is 6.08 Å². The smallest absolute Gasteiger partial charge is 0.293 e. The molecule has 28 heavy (non-hydrogen) atoms. The summed E-state index contributed by atoms with van der Waals surface area (Å²) >= 11 is 4.21. The highest BCUT2D eigenvalue weighted by Crippen LogP contribution is 2.32. The van der Waals surface area contributed by atoms with Gasteiger partial charge in [0, 0.05) is 23.1 Å². The number of nitrogens with one attached hydrogen (secondary N) is 1. The molecule has 0 aromatic heterocycles. The molecule has 0 saturated carbocycles. The van der Waals surface area contributed by atoms with E-state index in [9.17, 15) is 14.4 Å². The molecule has 0 unspecified atom stereocenters. The lowest BCUT2D eigenvalue weighted by Gasteiger charge is -2.13. The molecule has 0 atom stereocenters. The average Bonchev–Trinajstić information content (AvgIpc) is 2.96. The van der Waals surface area contributed by atoms with Gasteiger partial charge in [-0.05, 0) is 59.8 Å². The minimum absolute atomic E-state index is 0.118. The maximum Gasteiger partial charge on any atom is 0.293 e. The zero-order chi connectivity index (χ0) is 20.1. The minimum Gasteiger partial charge on any atom is -0.497 e. The van der Waals surface area contributed by atoms with Crippen LogP contribution in [0.1, 0.15) is 15.9 Å². The summed E-state index contributed by atoms with van der Waals surface area (Å²) in [6, 6.07) is 14.1. The van der Waals surface area contributed by atoms with Gasteiger partial charge in [0.05, 0.1) is 12.0 Å². The number of nitrogens with zero attached hydrogens (tertiary/aromatic N) is 1. The summed E-state index contributed by atoms with van der Waals surface area (Å²) in [4.78, 5) is 38.3. The summed E-state index contributed by atoms with van der Waals surface area (Å²) in [7, 11) is 1.58. The molecule has 0 aliphatic carbocycles. The Morgan fingerprint density at radius 2 is 1.82 bits per heavy atom. The second kappa shape index (κ2) is 9.07. The number of thioether (sulfide) groups is 1. The Balaban J connectivity index is 1.58. The number of ether oxygens (including phenoxy) is 1. The molecule has 144 valence electrons. The van der Waals surface area contributed by atoms with Gasteiger partial charge in [0.15, 0.2) is 0 Å². The molecule has 6 nitrogen and oxygen atoms in total. The van der Waals surface area contributed by atoms with Crippen molar-refractivity contribution in [3.8, 4) is 5.75 Å². The van der Waals surface area contributed by atoms with Gasteiger partial charge in [-0.3, -0.25) is 19.3 Å². The Morgan fingerprint density at radius 1 is 1.14 bits per heavy atom. The van der Waals surface area contributed by atoms with Gasteiger partial charge in [-0.25, -0.2) is 0 Å². The maximum atomic E-state index is 12.5. The largest absolute Gasteiger partial charge is 0.497 e. The molecule has 1 heterocycles. The Morgan fingerprint density at radius 3 is 2.46 bits per heavy atom. The predicted octanol–water partition coefficient (Wildman–Crippen LogP) is 3.92. The summed E-state index contributed by atoms with van der Waals surface area (Å²) in [5, 5.41) is 2.38. The third kappa shape index (κ3) is 4.82. The van der Waals surface area contributed by atoms with E-state index in [1.54, 1.807) is 49.6 Å². The van der Waals surface area contributed by atoms with E-state index >= 15 is 0 Å². The van der Waals surface area contributed by atoms with Crippen molar-refractivity contribution in [1.29, 1.82) is 0 Å². The highest BCUT2D eigenvalue weighted by Gasteiger charge is 2.34. The Hall–Kier alpha value is -2.58. The number of benzene rings is 2. The van der Waals surface area contributed by atoms with Crippen LogP contribution in [-0.4, -0.2) is 42.2 Å². The molecule has 2 aromatic carbocycles. The number of hydrogen-bond acceptors (Lipinski definition) is 5. The topological polar surface area (TPSA) is 75.7 Å². The molecule has 1 fully saturated rings. The third-order valence-electron chi connectivity index (χ3n) is 4.01. The van der Waals surface area contributed by atoms with Crippen molar-refractivity contribution >= 4 is 50.8 Å². The molecule has 8 heteroatoms. The van der Waals surface area contributed by atoms with Crippen LogP contribution < -0.4 is 10.1 Å². The molecule has 0 spiro atoms. The van der Waals surface area contributed by atoms with Crippen LogP contribution in [0.15, 0.2) is 57.9 Å². The van der Waals surface area contributed by atoms with Crippen molar-refractivity contribution in [3.63, 3.8) is 0 Å². The van der Waals surface area contributed by atoms with E-state index in [1.165, 1.54) is 0 Å². The first-order chi connectivity index (χ1) is 13.5. The fourth-order valence-corrected chi connectivity index (χ4v) is 3.66. The van der Waals surface area contributed by atoms with Gasteiger partial charge >= 0.3 is 0 Å². The number of imide groups is 1. The molecule has 3 rings (SSSR count). The van der Waals surface area contributed by atoms with Gasteiger partial charge in [-0.15, -0.1) is 0 Å². The highest BCUT2D eigenvalue weighted by atomic mass is 79.9. The molecule has 1 aliphatic heterocycles. The van der Waals surface area contributed by atoms with Crippen LogP contribution in [0.5, 0.6) is 5.75 Å². The summed E-state index contributed by atoms with van der Waals surface area (Å²) in [5.74, 6) is 0.101. The Labute approximate surface area is 175 Å². The first kappa shape index (κ1) is 20.2. The minimum atomic E-state index is -0.358. The van der Waals surface area contributed by atoms with Gasteiger partial charge in [0.2, 0.25) is 0 Å². The maximum absolute atomic E-state index is 12.5. The van der Waals surface area contributed by atoms with Crippen LogP contribution in [0.4, 0.5) is 4.79 Å². The van der Waals surface area contributed by atoms with Crippen LogP contribution >= 0.6 is 27.7 Å². The summed E-state index contributed by atoms with van der Waals surface area (Å²) in [6.07, 6.45) is 1.67. The molecule has 3 amide bonds. The van der Waals surface area contributed by atoms with Gasteiger partial charge in [-0.1, -0.05) is 28.1 Å². The third-order valence-corrected chi connectivity index (χ3v) is 5.45. The number of halogens is 1. The Bertz CT molecular complexity index is 926. The van der Waals surface area contributed by atoms with E-state index in [4.69, 9.17) is 4.74 Å². The van der Waals surface area contributed by atoms with Gasteiger partial charge in [0.1, 0.15) is 5.75 Å². The van der Waals surface area contributed by atoms with E-state index in [2.05, 4.69) is 21.2 Å². The van der Waals surface area contributed by atoms with Crippen molar-refractivity contribution < 1.29 is 19.1 Å². The average molecular weight is 461 g/mol. The van der Waals surface area contributed by atoms with Crippen LogP contribution in [0.2, 0.25) is 0 Å². The van der Waals surface area contributed by atoms with Gasteiger partial charge < -0.3 is 10.1 Å². The standard InChI is InChI=1S/C20H17BrN2O4S/c1-27-16-8-2-13(3-9-16)12-17-19(25)23(20(26)28-17)11-10-22-18(24)14-4-6-15(21)7-5-14/h2-9,12H,10-11H2,1H3,(H,22,24)/b17-12-. The van der Waals surface area contributed by atoms with Crippen molar-refractivity contribution in [2.45, 2.75) is 0 Å². The van der Waals surface area contributed by atoms with E-state index in [-0.39, 0.29) is 30.1 Å². The highest BCUT2D eigenvalue weighted by molar-refractivity contribution is 9.10. The monoisotopic (exact) mass is 460 g/mol. The van der Waals surface area contributed by atoms with E-state index in [0.717, 1.165) is 26.7 Å². The van der Waals surface area contributed by atoms with E-state index in [1.807, 2.05) is 12.1 Å². The number of methoxy groups -OCH3 is 1. The Kier molecular flexibility index (Phi) is 6.53. The van der Waals surface area contributed by atoms with Crippen LogP contribution in [0, 0.1) is 0 Å². The van der Waals surface area contributed by atoms with Crippen LogP contribution in [0.3, 0.4) is 0 Å². The molecular weight excluding hydrogens is 444 g/mol. The summed E-state index contributed by atoms with van der Waals surface area (Å²) < 4.78 is 5.98. The second-order valence-corrected chi connectivity index (χ2v) is 7.78. The zero-order valence-electron chi connectivity index (χ0n) is 15.0. The van der Waals surface area contributed by atoms with Crippen LogP contribution in [-0.2, 0) is 4.79 Å². The molecule has 1 aliphatic rings. The molecule has 0 bridgehead atoms. The molecule has 1 saturated heterocycles. The molecule has 0 radical (unpaired) electrons.